The molecule has 1 rings (SSSR count). The average Bonchev–Trinajstić information content (AvgIpc) is 1.69. The topological polar surface area (TPSA) is 12.0 Å². The molecular weight excluding hydrogens is 173 g/mol. The van der Waals surface area contributed by atoms with E-state index in [0.29, 0.717) is 12.8 Å². The fraction of sp³-hybridized carbons (Fsp3) is 1.00. The molecule has 1 heterocycles. The lowest BCUT2D eigenvalue weighted by Gasteiger charge is -2.14. The highest BCUT2D eigenvalue weighted by molar-refractivity contribution is 8.93. The van der Waals surface area contributed by atoms with Gasteiger partial charge in [-0.1, -0.05) is 0 Å². The van der Waals surface area contributed by atoms with E-state index in [4.69, 9.17) is 0 Å². The van der Waals surface area contributed by atoms with Crippen molar-refractivity contribution in [3.63, 3.8) is 0 Å². The number of piperidine rings is 1. The van der Waals surface area contributed by atoms with Crippen molar-refractivity contribution in [2.24, 2.45) is 0 Å². The largest absolute Gasteiger partial charge is 0.317 e. The van der Waals surface area contributed by atoms with Gasteiger partial charge in [0.2, 0.25) is 0 Å². The van der Waals surface area contributed by atoms with Crippen molar-refractivity contribution in [2.75, 3.05) is 13.1 Å². The second-order valence-corrected chi connectivity index (χ2v) is 1.92. The predicted octanol–water partition coefficient (Wildman–Crippen LogP) is 1.29. The number of nitrogens with one attached hydrogen (secondary N) is 1. The summed E-state index contributed by atoms with van der Waals surface area (Å²) in [5.74, 6) is 0. The molecule has 0 aromatic carbocycles. The molecule has 1 aliphatic heterocycles. The maximum absolute atomic E-state index is 12.1. The molecule has 0 amide bonds. The van der Waals surface area contributed by atoms with Crippen LogP contribution >= 0.6 is 17.0 Å². The molecule has 0 aliphatic carbocycles. The fourth-order valence-electron chi connectivity index (χ4n) is 0.787. The molecular formula is C5H11BrFN. The summed E-state index contributed by atoms with van der Waals surface area (Å²) >= 11 is 0. The Hall–Kier alpha value is 0.370. The molecule has 0 atom stereocenters. The van der Waals surface area contributed by atoms with Crippen molar-refractivity contribution in [2.45, 2.75) is 19.0 Å². The van der Waals surface area contributed by atoms with E-state index in [1.54, 1.807) is 0 Å². The van der Waals surface area contributed by atoms with Gasteiger partial charge in [0, 0.05) is 0 Å². The molecule has 0 bridgehead atoms. The van der Waals surface area contributed by atoms with Gasteiger partial charge in [-0.25, -0.2) is 4.39 Å². The van der Waals surface area contributed by atoms with Crippen LogP contribution in [0.5, 0.6) is 0 Å². The van der Waals surface area contributed by atoms with E-state index in [2.05, 4.69) is 5.32 Å². The van der Waals surface area contributed by atoms with Gasteiger partial charge in [-0.3, -0.25) is 0 Å². The molecule has 50 valence electrons. The lowest BCUT2D eigenvalue weighted by molar-refractivity contribution is 0.262. The van der Waals surface area contributed by atoms with Gasteiger partial charge in [-0.2, -0.15) is 0 Å². The van der Waals surface area contributed by atoms with Crippen LogP contribution in [0.2, 0.25) is 0 Å². The summed E-state index contributed by atoms with van der Waals surface area (Å²) in [6.07, 6.45) is 0.890. The highest BCUT2D eigenvalue weighted by atomic mass is 79.9. The summed E-state index contributed by atoms with van der Waals surface area (Å²) in [6, 6.07) is 0. The van der Waals surface area contributed by atoms with Crippen molar-refractivity contribution in [3.05, 3.63) is 0 Å². The van der Waals surface area contributed by atoms with E-state index in [0.717, 1.165) is 13.1 Å². The van der Waals surface area contributed by atoms with Crippen LogP contribution in [0.3, 0.4) is 0 Å². The van der Waals surface area contributed by atoms with Gasteiger partial charge in [-0.05, 0) is 25.9 Å². The van der Waals surface area contributed by atoms with Crippen LogP contribution in [-0.4, -0.2) is 19.3 Å². The van der Waals surface area contributed by atoms with Crippen molar-refractivity contribution >= 4 is 17.0 Å². The first-order chi connectivity index (χ1) is 3.39. The molecule has 8 heavy (non-hydrogen) atoms. The lowest BCUT2D eigenvalue weighted by atomic mass is 10.1. The standard InChI is InChI=1S/C5H10FN.BrH/c6-5-1-3-7-4-2-5;/h5,7H,1-4H2;1H. The van der Waals surface area contributed by atoms with Crippen LogP contribution in [-0.2, 0) is 0 Å². The maximum atomic E-state index is 12.1. The van der Waals surface area contributed by atoms with Crippen molar-refractivity contribution in [1.82, 2.24) is 5.32 Å². The third-order valence-corrected chi connectivity index (χ3v) is 1.27. The zero-order valence-electron chi connectivity index (χ0n) is 4.69. The van der Waals surface area contributed by atoms with Crippen LogP contribution in [0.25, 0.3) is 0 Å². The molecule has 0 aromatic rings. The van der Waals surface area contributed by atoms with Gasteiger partial charge >= 0.3 is 0 Å². The first-order valence-corrected chi connectivity index (χ1v) is 2.74. The van der Waals surface area contributed by atoms with Crippen molar-refractivity contribution < 1.29 is 4.39 Å². The zero-order valence-corrected chi connectivity index (χ0v) is 6.41. The van der Waals surface area contributed by atoms with E-state index in [1.165, 1.54) is 0 Å². The molecule has 0 radical (unpaired) electrons. The van der Waals surface area contributed by atoms with Crippen molar-refractivity contribution in [3.8, 4) is 0 Å². The quantitative estimate of drug-likeness (QED) is 0.598. The maximum Gasteiger partial charge on any atom is 0.103 e. The van der Waals surface area contributed by atoms with Crippen molar-refractivity contribution in [1.29, 1.82) is 0 Å². The highest BCUT2D eigenvalue weighted by Crippen LogP contribution is 2.04. The number of alkyl halides is 1. The SMILES string of the molecule is Br.FC1CCNCC1. The molecule has 0 aromatic heterocycles. The minimum absolute atomic E-state index is 0. The summed E-state index contributed by atoms with van der Waals surface area (Å²) in [5, 5.41) is 3.08. The molecule has 0 spiro atoms. The molecule has 1 saturated heterocycles. The number of halogens is 2. The minimum atomic E-state index is -0.527. The molecule has 1 nitrogen and oxygen atoms in total. The number of hydrogen-bond donors (Lipinski definition) is 1. The first-order valence-electron chi connectivity index (χ1n) is 2.74. The smallest absolute Gasteiger partial charge is 0.103 e. The number of rotatable bonds is 0. The Morgan fingerprint density at radius 1 is 1.25 bits per heavy atom. The Morgan fingerprint density at radius 2 is 1.75 bits per heavy atom. The zero-order chi connectivity index (χ0) is 5.11. The second kappa shape index (κ2) is 4.27. The monoisotopic (exact) mass is 183 g/mol. The van der Waals surface area contributed by atoms with Gasteiger partial charge in [0.1, 0.15) is 6.17 Å². The third kappa shape index (κ3) is 2.62. The van der Waals surface area contributed by atoms with Crippen LogP contribution in [0.1, 0.15) is 12.8 Å². The van der Waals surface area contributed by atoms with Gasteiger partial charge in [0.15, 0.2) is 0 Å². The third-order valence-electron chi connectivity index (χ3n) is 1.27. The fourth-order valence-corrected chi connectivity index (χ4v) is 0.787. The molecule has 1 N–H and O–H groups in total. The summed E-state index contributed by atoms with van der Waals surface area (Å²) in [5.41, 5.74) is 0. The second-order valence-electron chi connectivity index (χ2n) is 1.92. The van der Waals surface area contributed by atoms with E-state index >= 15 is 0 Å². The van der Waals surface area contributed by atoms with Crippen LogP contribution in [0, 0.1) is 0 Å². The van der Waals surface area contributed by atoms with Gasteiger partial charge in [0.25, 0.3) is 0 Å². The molecule has 1 fully saturated rings. The Kier molecular flexibility index (Phi) is 4.47. The van der Waals surface area contributed by atoms with Gasteiger partial charge in [0.05, 0.1) is 0 Å². The first kappa shape index (κ1) is 8.37. The summed E-state index contributed by atoms with van der Waals surface area (Å²) in [7, 11) is 0. The minimum Gasteiger partial charge on any atom is -0.317 e. The summed E-state index contributed by atoms with van der Waals surface area (Å²) in [4.78, 5) is 0. The number of hydrogen-bond acceptors (Lipinski definition) is 1. The predicted molar refractivity (Wildman–Crippen MR) is 37.3 cm³/mol. The highest BCUT2D eigenvalue weighted by Gasteiger charge is 2.09. The van der Waals surface area contributed by atoms with Gasteiger partial charge in [-0.15, -0.1) is 17.0 Å². The van der Waals surface area contributed by atoms with Crippen LogP contribution in [0.15, 0.2) is 0 Å². The average molecular weight is 184 g/mol. The Labute approximate surface area is 59.4 Å². The Bertz CT molecular complexity index is 54.4. The molecule has 3 heteroatoms. The molecule has 0 unspecified atom stereocenters. The lowest BCUT2D eigenvalue weighted by Crippen LogP contribution is -2.28. The normalized spacial score (nSPS) is 22.1. The van der Waals surface area contributed by atoms with Crippen LogP contribution < -0.4 is 5.32 Å². The van der Waals surface area contributed by atoms with E-state index in [-0.39, 0.29) is 17.0 Å². The Morgan fingerprint density at radius 3 is 2.00 bits per heavy atom. The molecule has 1 aliphatic rings. The van der Waals surface area contributed by atoms with Gasteiger partial charge < -0.3 is 5.32 Å². The van der Waals surface area contributed by atoms with E-state index in [1.807, 2.05) is 0 Å². The molecule has 0 saturated carbocycles. The summed E-state index contributed by atoms with van der Waals surface area (Å²) in [6.45, 7) is 1.72. The van der Waals surface area contributed by atoms with E-state index < -0.39 is 6.17 Å². The van der Waals surface area contributed by atoms with Crippen LogP contribution in [0.4, 0.5) is 4.39 Å². The summed E-state index contributed by atoms with van der Waals surface area (Å²) < 4.78 is 12.1. The van der Waals surface area contributed by atoms with E-state index in [9.17, 15) is 4.39 Å². The Balaban J connectivity index is 0.000000490.